The predicted molar refractivity (Wildman–Crippen MR) is 73.1 cm³/mol. The van der Waals surface area contributed by atoms with Crippen LogP contribution in [0.2, 0.25) is 0 Å². The van der Waals surface area contributed by atoms with Crippen molar-refractivity contribution in [1.82, 2.24) is 9.80 Å². The summed E-state index contributed by atoms with van der Waals surface area (Å²) in [5, 5.41) is 0. The van der Waals surface area contributed by atoms with Gasteiger partial charge in [0.2, 0.25) is 0 Å². The molecule has 0 amide bonds. The van der Waals surface area contributed by atoms with Gasteiger partial charge in [0.1, 0.15) is 0 Å². The maximum atomic E-state index is 6.39. The van der Waals surface area contributed by atoms with Crippen LogP contribution < -0.4 is 5.73 Å². The molecular formula is C14H29N3. The second-order valence-electron chi connectivity index (χ2n) is 6.65. The molecule has 0 aromatic heterocycles. The molecule has 1 aliphatic carbocycles. The van der Waals surface area contributed by atoms with E-state index in [1.54, 1.807) is 0 Å². The Morgan fingerprint density at radius 2 is 1.94 bits per heavy atom. The number of hydrogen-bond acceptors (Lipinski definition) is 3. The first kappa shape index (κ1) is 13.3. The van der Waals surface area contributed by atoms with Gasteiger partial charge < -0.3 is 15.5 Å². The molecule has 100 valence electrons. The zero-order valence-electron chi connectivity index (χ0n) is 11.8. The molecule has 2 N–H and O–H groups in total. The molecule has 1 aliphatic heterocycles. The van der Waals surface area contributed by atoms with E-state index < -0.39 is 0 Å². The number of hydrogen-bond donors (Lipinski definition) is 1. The van der Waals surface area contributed by atoms with E-state index in [-0.39, 0.29) is 0 Å². The highest BCUT2D eigenvalue weighted by Crippen LogP contribution is 2.38. The quantitative estimate of drug-likeness (QED) is 0.807. The summed E-state index contributed by atoms with van der Waals surface area (Å²) in [6.07, 6.45) is 5.32. The highest BCUT2D eigenvalue weighted by molar-refractivity contribution is 4.98. The van der Waals surface area contributed by atoms with Gasteiger partial charge in [-0.25, -0.2) is 0 Å². The van der Waals surface area contributed by atoms with Crippen LogP contribution in [0.25, 0.3) is 0 Å². The fourth-order valence-corrected chi connectivity index (χ4v) is 3.35. The first-order valence-corrected chi connectivity index (χ1v) is 7.19. The van der Waals surface area contributed by atoms with E-state index >= 15 is 0 Å². The fourth-order valence-electron chi connectivity index (χ4n) is 3.35. The van der Waals surface area contributed by atoms with Crippen LogP contribution in [0.1, 0.15) is 39.5 Å². The van der Waals surface area contributed by atoms with Gasteiger partial charge in [-0.3, -0.25) is 0 Å². The van der Waals surface area contributed by atoms with E-state index in [1.807, 2.05) is 0 Å². The van der Waals surface area contributed by atoms with Crippen LogP contribution in [0.3, 0.4) is 0 Å². The summed E-state index contributed by atoms with van der Waals surface area (Å²) >= 11 is 0. The van der Waals surface area contributed by atoms with Crippen LogP contribution in [0.5, 0.6) is 0 Å². The molecule has 2 aliphatic rings. The summed E-state index contributed by atoms with van der Waals surface area (Å²) in [6.45, 7) is 9.62. The van der Waals surface area contributed by atoms with E-state index in [0.717, 1.165) is 0 Å². The van der Waals surface area contributed by atoms with Gasteiger partial charge in [-0.05, 0) is 51.2 Å². The Kier molecular flexibility index (Phi) is 4.11. The van der Waals surface area contributed by atoms with Gasteiger partial charge in [0.15, 0.2) is 0 Å². The Bertz CT molecular complexity index is 246. The molecular weight excluding hydrogens is 210 g/mol. The molecule has 1 saturated heterocycles. The van der Waals surface area contributed by atoms with Gasteiger partial charge in [-0.2, -0.15) is 0 Å². The topological polar surface area (TPSA) is 32.5 Å². The van der Waals surface area contributed by atoms with Crippen molar-refractivity contribution in [3.8, 4) is 0 Å². The van der Waals surface area contributed by atoms with Gasteiger partial charge in [-0.1, -0.05) is 13.8 Å². The lowest BCUT2D eigenvalue weighted by molar-refractivity contribution is 0.176. The maximum Gasteiger partial charge on any atom is 0.0250 e. The molecule has 1 saturated carbocycles. The normalized spacial score (nSPS) is 33.7. The highest BCUT2D eigenvalue weighted by Gasteiger charge is 2.41. The van der Waals surface area contributed by atoms with Crippen molar-refractivity contribution in [3.63, 3.8) is 0 Å². The number of rotatable bonds is 4. The smallest absolute Gasteiger partial charge is 0.0250 e. The molecule has 0 aromatic carbocycles. The second-order valence-corrected chi connectivity index (χ2v) is 6.65. The van der Waals surface area contributed by atoms with Crippen molar-refractivity contribution >= 4 is 0 Å². The summed E-state index contributed by atoms with van der Waals surface area (Å²) in [7, 11) is 2.25. The number of likely N-dealkylation sites (N-methyl/N-ethyl adjacent to an activating group) is 1. The minimum Gasteiger partial charge on any atom is -0.326 e. The van der Waals surface area contributed by atoms with E-state index in [4.69, 9.17) is 5.73 Å². The standard InChI is InChI=1S/C14H29N3/c1-14(2)7-6-12(13(14)15)16(3)10-11-17-8-4-5-9-17/h12-13H,4-11,15H2,1-3H3. The van der Waals surface area contributed by atoms with E-state index in [9.17, 15) is 0 Å². The Hall–Kier alpha value is -0.120. The third-order valence-corrected chi connectivity index (χ3v) is 4.94. The first-order valence-electron chi connectivity index (χ1n) is 7.19. The molecule has 2 unspecified atom stereocenters. The van der Waals surface area contributed by atoms with E-state index in [0.29, 0.717) is 17.5 Å². The molecule has 3 nitrogen and oxygen atoms in total. The Balaban J connectivity index is 1.78. The van der Waals surface area contributed by atoms with Crippen molar-refractivity contribution in [3.05, 3.63) is 0 Å². The lowest BCUT2D eigenvalue weighted by atomic mass is 9.87. The van der Waals surface area contributed by atoms with Gasteiger partial charge >= 0.3 is 0 Å². The average molecular weight is 239 g/mol. The molecule has 0 spiro atoms. The first-order chi connectivity index (χ1) is 8.00. The molecule has 0 bridgehead atoms. The van der Waals surface area contributed by atoms with Crippen LogP contribution in [0.4, 0.5) is 0 Å². The summed E-state index contributed by atoms with van der Waals surface area (Å²) in [5.74, 6) is 0. The van der Waals surface area contributed by atoms with Gasteiger partial charge in [0.25, 0.3) is 0 Å². The zero-order chi connectivity index (χ0) is 12.5. The average Bonchev–Trinajstić information content (AvgIpc) is 2.86. The molecule has 2 atom stereocenters. The minimum atomic E-state index is 0.326. The molecule has 3 heteroatoms. The van der Waals surface area contributed by atoms with Crippen LogP contribution in [0.15, 0.2) is 0 Å². The predicted octanol–water partition coefficient (Wildman–Crippen LogP) is 1.53. The highest BCUT2D eigenvalue weighted by atomic mass is 15.2. The van der Waals surface area contributed by atoms with Gasteiger partial charge in [-0.15, -0.1) is 0 Å². The Morgan fingerprint density at radius 3 is 2.47 bits per heavy atom. The SMILES string of the molecule is CN(CCN1CCCC1)C1CCC(C)(C)C1N. The summed E-state index contributed by atoms with van der Waals surface area (Å²) < 4.78 is 0. The third kappa shape index (κ3) is 3.01. The third-order valence-electron chi connectivity index (χ3n) is 4.94. The maximum absolute atomic E-state index is 6.39. The molecule has 0 radical (unpaired) electrons. The van der Waals surface area contributed by atoms with Crippen LogP contribution in [0, 0.1) is 5.41 Å². The van der Waals surface area contributed by atoms with Crippen LogP contribution in [-0.4, -0.2) is 55.1 Å². The summed E-state index contributed by atoms with van der Waals surface area (Å²) in [6, 6.07) is 0.929. The number of nitrogens with zero attached hydrogens (tertiary/aromatic N) is 2. The van der Waals surface area contributed by atoms with Crippen molar-refractivity contribution < 1.29 is 0 Å². The van der Waals surface area contributed by atoms with E-state index in [1.165, 1.54) is 51.9 Å². The largest absolute Gasteiger partial charge is 0.326 e. The lowest BCUT2D eigenvalue weighted by Gasteiger charge is -2.33. The summed E-state index contributed by atoms with van der Waals surface area (Å²) in [5.41, 5.74) is 6.71. The zero-order valence-corrected chi connectivity index (χ0v) is 11.8. The molecule has 1 heterocycles. The van der Waals surface area contributed by atoms with E-state index in [2.05, 4.69) is 30.7 Å². The monoisotopic (exact) mass is 239 g/mol. The lowest BCUT2D eigenvalue weighted by Crippen LogP contribution is -2.49. The van der Waals surface area contributed by atoms with Crippen molar-refractivity contribution in [2.45, 2.75) is 51.6 Å². The van der Waals surface area contributed by atoms with Crippen molar-refractivity contribution in [2.75, 3.05) is 33.2 Å². The Morgan fingerprint density at radius 1 is 1.29 bits per heavy atom. The fraction of sp³-hybridized carbons (Fsp3) is 1.00. The van der Waals surface area contributed by atoms with Crippen molar-refractivity contribution in [1.29, 1.82) is 0 Å². The molecule has 2 fully saturated rings. The molecule has 17 heavy (non-hydrogen) atoms. The Labute approximate surface area is 106 Å². The van der Waals surface area contributed by atoms with Crippen molar-refractivity contribution in [2.24, 2.45) is 11.1 Å². The second kappa shape index (κ2) is 5.25. The van der Waals surface area contributed by atoms with Gasteiger partial charge in [0, 0.05) is 25.2 Å². The number of likely N-dealkylation sites (tertiary alicyclic amines) is 1. The van der Waals surface area contributed by atoms with Gasteiger partial charge in [0.05, 0.1) is 0 Å². The van der Waals surface area contributed by atoms with Crippen LogP contribution in [-0.2, 0) is 0 Å². The summed E-state index contributed by atoms with van der Waals surface area (Å²) in [4.78, 5) is 5.08. The molecule has 2 rings (SSSR count). The number of nitrogens with two attached hydrogens (primary N) is 1. The molecule has 0 aromatic rings. The van der Waals surface area contributed by atoms with Crippen LogP contribution >= 0.6 is 0 Å². The minimum absolute atomic E-state index is 0.326.